The highest BCUT2D eigenvalue weighted by Crippen LogP contribution is 2.12. The minimum atomic E-state index is -0.580. The summed E-state index contributed by atoms with van der Waals surface area (Å²) in [6.45, 7) is 3.13. The highest BCUT2D eigenvalue weighted by molar-refractivity contribution is 6.08. The van der Waals surface area contributed by atoms with Gasteiger partial charge in [0.15, 0.2) is 0 Å². The number of aliphatic imine (C=N–C) groups is 1. The van der Waals surface area contributed by atoms with Crippen LogP contribution in [0.2, 0.25) is 0 Å². The number of nitrogens with one attached hydrogen (secondary N) is 1. The summed E-state index contributed by atoms with van der Waals surface area (Å²) < 4.78 is 5.31. The van der Waals surface area contributed by atoms with Crippen LogP contribution in [-0.4, -0.2) is 23.5 Å². The van der Waals surface area contributed by atoms with E-state index in [1.165, 1.54) is 12.4 Å². The van der Waals surface area contributed by atoms with Crippen LogP contribution in [-0.2, 0) is 11.3 Å². The van der Waals surface area contributed by atoms with Crippen molar-refractivity contribution in [1.82, 2.24) is 4.98 Å². The number of aromatic nitrogens is 1. The number of ether oxygens (including phenoxy) is 1. The van der Waals surface area contributed by atoms with Crippen LogP contribution >= 0.6 is 0 Å². The van der Waals surface area contributed by atoms with Gasteiger partial charge in [0, 0.05) is 30.4 Å². The molecule has 0 aliphatic heterocycles. The first-order valence-corrected chi connectivity index (χ1v) is 7.12. The monoisotopic (exact) mass is 313 g/mol. The molecule has 0 fully saturated rings. The lowest BCUT2D eigenvalue weighted by molar-refractivity contribution is 0.134. The first-order chi connectivity index (χ1) is 11.1. The van der Waals surface area contributed by atoms with Crippen LogP contribution in [0.25, 0.3) is 0 Å². The van der Waals surface area contributed by atoms with Gasteiger partial charge in [0.2, 0.25) is 0 Å². The molecule has 0 saturated carbocycles. The van der Waals surface area contributed by atoms with E-state index in [1.807, 2.05) is 19.1 Å². The van der Waals surface area contributed by atoms with Gasteiger partial charge in [0.25, 0.3) is 0 Å². The SMILES string of the molecule is CCOCc1ccc(NC(=O)/N=C(\N)c2cnccc2N)cc1. The van der Waals surface area contributed by atoms with Crippen LogP contribution in [0, 0.1) is 0 Å². The van der Waals surface area contributed by atoms with Crippen molar-refractivity contribution in [3.8, 4) is 0 Å². The summed E-state index contributed by atoms with van der Waals surface area (Å²) in [5.41, 5.74) is 14.0. The number of hydrogen-bond acceptors (Lipinski definition) is 4. The number of hydrogen-bond donors (Lipinski definition) is 3. The van der Waals surface area contributed by atoms with Gasteiger partial charge in [0.1, 0.15) is 5.84 Å². The first kappa shape index (κ1) is 16.4. The van der Waals surface area contributed by atoms with Crippen molar-refractivity contribution in [2.24, 2.45) is 10.7 Å². The molecule has 23 heavy (non-hydrogen) atoms. The van der Waals surface area contributed by atoms with Gasteiger partial charge in [-0.05, 0) is 30.7 Å². The summed E-state index contributed by atoms with van der Waals surface area (Å²) in [4.78, 5) is 19.6. The van der Waals surface area contributed by atoms with Crippen molar-refractivity contribution >= 4 is 23.2 Å². The molecule has 0 unspecified atom stereocenters. The van der Waals surface area contributed by atoms with Crippen LogP contribution < -0.4 is 16.8 Å². The Morgan fingerprint density at radius 1 is 1.30 bits per heavy atom. The van der Waals surface area contributed by atoms with Crippen LogP contribution in [0.4, 0.5) is 16.2 Å². The molecule has 2 amide bonds. The molecule has 5 N–H and O–H groups in total. The number of pyridine rings is 1. The maximum atomic E-state index is 11.9. The molecular weight excluding hydrogens is 294 g/mol. The Kier molecular flexibility index (Phi) is 5.65. The molecule has 0 atom stereocenters. The zero-order valence-electron chi connectivity index (χ0n) is 12.8. The zero-order chi connectivity index (χ0) is 16.7. The lowest BCUT2D eigenvalue weighted by atomic mass is 10.2. The third kappa shape index (κ3) is 4.79. The predicted molar refractivity (Wildman–Crippen MR) is 90.2 cm³/mol. The normalized spacial score (nSPS) is 11.3. The number of nitrogens with two attached hydrogens (primary N) is 2. The van der Waals surface area contributed by atoms with E-state index >= 15 is 0 Å². The molecule has 120 valence electrons. The van der Waals surface area contributed by atoms with Gasteiger partial charge in [0.05, 0.1) is 12.2 Å². The minimum Gasteiger partial charge on any atom is -0.398 e. The fourth-order valence-corrected chi connectivity index (χ4v) is 1.84. The average molecular weight is 313 g/mol. The zero-order valence-corrected chi connectivity index (χ0v) is 12.8. The Labute approximate surface area is 134 Å². The second-order valence-corrected chi connectivity index (χ2v) is 4.72. The van der Waals surface area contributed by atoms with Crippen LogP contribution in [0.15, 0.2) is 47.7 Å². The van der Waals surface area contributed by atoms with Crippen molar-refractivity contribution in [3.63, 3.8) is 0 Å². The van der Waals surface area contributed by atoms with Crippen molar-refractivity contribution in [2.45, 2.75) is 13.5 Å². The Bertz CT molecular complexity index is 698. The van der Waals surface area contributed by atoms with Gasteiger partial charge in [-0.2, -0.15) is 4.99 Å². The second kappa shape index (κ2) is 7.90. The maximum absolute atomic E-state index is 11.9. The van der Waals surface area contributed by atoms with E-state index in [1.54, 1.807) is 18.2 Å². The quantitative estimate of drug-likeness (QED) is 0.577. The molecule has 7 heteroatoms. The van der Waals surface area contributed by atoms with Crippen molar-refractivity contribution < 1.29 is 9.53 Å². The molecule has 7 nitrogen and oxygen atoms in total. The van der Waals surface area contributed by atoms with Gasteiger partial charge in [-0.25, -0.2) is 4.79 Å². The molecule has 0 radical (unpaired) electrons. The molecule has 2 rings (SSSR count). The fourth-order valence-electron chi connectivity index (χ4n) is 1.84. The van der Waals surface area contributed by atoms with E-state index in [-0.39, 0.29) is 5.84 Å². The standard InChI is InChI=1S/C16H19N5O2/c1-2-23-10-11-3-5-12(6-4-11)20-16(22)21-15(18)13-9-19-8-7-14(13)17/h3-9H,2,10H2,1H3,(H2,17,19)(H3,18,20,21,22). The summed E-state index contributed by atoms with van der Waals surface area (Å²) in [6, 6.07) is 8.30. The number of carbonyl (C=O) groups is 1. The van der Waals surface area contributed by atoms with E-state index < -0.39 is 6.03 Å². The largest absolute Gasteiger partial charge is 0.398 e. The average Bonchev–Trinajstić information content (AvgIpc) is 2.54. The molecule has 1 heterocycles. The Hall–Kier alpha value is -2.93. The molecule has 1 aromatic carbocycles. The highest BCUT2D eigenvalue weighted by atomic mass is 16.5. The number of carbonyl (C=O) groups excluding carboxylic acids is 1. The molecule has 2 aromatic rings. The first-order valence-electron chi connectivity index (χ1n) is 7.12. The van der Waals surface area contributed by atoms with Crippen LogP contribution in [0.3, 0.4) is 0 Å². The molecule has 1 aromatic heterocycles. The van der Waals surface area contributed by atoms with Crippen molar-refractivity contribution in [2.75, 3.05) is 17.7 Å². The number of nitrogens with zero attached hydrogens (tertiary/aromatic N) is 2. The summed E-state index contributed by atoms with van der Waals surface area (Å²) in [5, 5.41) is 2.64. The van der Waals surface area contributed by atoms with E-state index in [9.17, 15) is 4.79 Å². The van der Waals surface area contributed by atoms with Gasteiger partial charge in [-0.15, -0.1) is 0 Å². The smallest absolute Gasteiger partial charge is 0.347 e. The molecule has 0 aliphatic carbocycles. The highest BCUT2D eigenvalue weighted by Gasteiger charge is 2.07. The number of nitrogen functional groups attached to an aromatic ring is 1. The van der Waals surface area contributed by atoms with E-state index in [2.05, 4.69) is 15.3 Å². The van der Waals surface area contributed by atoms with Gasteiger partial charge < -0.3 is 21.5 Å². The topological polar surface area (TPSA) is 116 Å². The summed E-state index contributed by atoms with van der Waals surface area (Å²) >= 11 is 0. The maximum Gasteiger partial charge on any atom is 0.347 e. The number of amides is 2. The Balaban J connectivity index is 2.01. The van der Waals surface area contributed by atoms with Gasteiger partial charge in [-0.3, -0.25) is 4.98 Å². The lowest BCUT2D eigenvalue weighted by Crippen LogP contribution is -2.19. The molecule has 0 bridgehead atoms. The van der Waals surface area contributed by atoms with Gasteiger partial charge in [-0.1, -0.05) is 12.1 Å². The van der Waals surface area contributed by atoms with Crippen molar-refractivity contribution in [1.29, 1.82) is 0 Å². The van der Waals surface area contributed by atoms with E-state index in [4.69, 9.17) is 16.2 Å². The molecule has 0 saturated heterocycles. The summed E-state index contributed by atoms with van der Waals surface area (Å²) in [5.74, 6) is 0.0149. The number of benzene rings is 1. The van der Waals surface area contributed by atoms with Crippen molar-refractivity contribution in [3.05, 3.63) is 53.9 Å². The fraction of sp³-hybridized carbons (Fsp3) is 0.188. The number of amidine groups is 1. The Morgan fingerprint density at radius 2 is 2.04 bits per heavy atom. The third-order valence-corrected chi connectivity index (χ3v) is 3.03. The van der Waals surface area contributed by atoms with Crippen LogP contribution in [0.5, 0.6) is 0 Å². The lowest BCUT2D eigenvalue weighted by Gasteiger charge is -2.06. The van der Waals surface area contributed by atoms with Crippen LogP contribution in [0.1, 0.15) is 18.1 Å². The summed E-state index contributed by atoms with van der Waals surface area (Å²) in [7, 11) is 0. The second-order valence-electron chi connectivity index (χ2n) is 4.72. The molecule has 0 aliphatic rings. The summed E-state index contributed by atoms with van der Waals surface area (Å²) in [6.07, 6.45) is 3.00. The number of rotatable bonds is 5. The third-order valence-electron chi connectivity index (χ3n) is 3.03. The van der Waals surface area contributed by atoms with E-state index in [0.717, 1.165) is 5.56 Å². The Morgan fingerprint density at radius 3 is 2.70 bits per heavy atom. The van der Waals surface area contributed by atoms with E-state index in [0.29, 0.717) is 30.2 Å². The molecular formula is C16H19N5O2. The van der Waals surface area contributed by atoms with Gasteiger partial charge >= 0.3 is 6.03 Å². The number of urea groups is 1. The predicted octanol–water partition coefficient (Wildman–Crippen LogP) is 2.14. The molecule has 0 spiro atoms. The number of anilines is 2. The minimum absolute atomic E-state index is 0.0149.